The number of hydrogen-bond acceptors (Lipinski definition) is 5. The first-order valence-electron chi connectivity index (χ1n) is 8.24. The summed E-state index contributed by atoms with van der Waals surface area (Å²) in [5.41, 5.74) is 0.271. The van der Waals surface area contributed by atoms with Crippen molar-refractivity contribution < 1.29 is 24.2 Å². The maximum atomic E-state index is 12.5. The number of benzene rings is 1. The zero-order valence-electron chi connectivity index (χ0n) is 15.2. The Labute approximate surface area is 148 Å². The van der Waals surface area contributed by atoms with E-state index < -0.39 is 17.8 Å². The summed E-state index contributed by atoms with van der Waals surface area (Å²) < 4.78 is 10.4. The summed E-state index contributed by atoms with van der Waals surface area (Å²) >= 11 is 0. The van der Waals surface area contributed by atoms with Crippen molar-refractivity contribution in [2.75, 3.05) is 26.7 Å². The zero-order valence-corrected chi connectivity index (χ0v) is 15.2. The van der Waals surface area contributed by atoms with Crippen molar-refractivity contribution in [3.8, 4) is 5.75 Å². The Morgan fingerprint density at radius 3 is 2.44 bits per heavy atom. The van der Waals surface area contributed by atoms with Gasteiger partial charge in [-0.2, -0.15) is 0 Å². The number of aliphatic hydroxyl groups is 1. The van der Waals surface area contributed by atoms with Crippen molar-refractivity contribution in [3.63, 3.8) is 0 Å². The van der Waals surface area contributed by atoms with Gasteiger partial charge >= 0.3 is 6.09 Å². The van der Waals surface area contributed by atoms with Gasteiger partial charge in [-0.3, -0.25) is 9.69 Å². The van der Waals surface area contributed by atoms with E-state index in [9.17, 15) is 14.7 Å². The number of aliphatic hydroxyl groups excluding tert-OH is 1. The number of carbonyl (C=O) groups excluding carboxylic acids is 2. The molecular weight excluding hydrogens is 324 g/mol. The van der Waals surface area contributed by atoms with Crippen molar-refractivity contribution in [2.45, 2.75) is 39.0 Å². The normalized spacial score (nSPS) is 18.8. The lowest BCUT2D eigenvalue weighted by Crippen LogP contribution is -2.42. The Balaban J connectivity index is 2.05. The smallest absolute Gasteiger partial charge is 0.410 e. The van der Waals surface area contributed by atoms with E-state index in [0.29, 0.717) is 6.54 Å². The van der Waals surface area contributed by atoms with E-state index in [1.165, 1.54) is 4.90 Å². The van der Waals surface area contributed by atoms with Gasteiger partial charge in [0.1, 0.15) is 17.9 Å². The predicted octanol–water partition coefficient (Wildman–Crippen LogP) is 1.64. The standard InChI is InChI=1S/C18H26N2O5/c1-18(2,3)25-17(23)20-11-14(21)10-19(16(22)12-20)9-13-5-7-15(24-4)8-6-13/h5-8,14,21H,9-12H2,1-4H3. The van der Waals surface area contributed by atoms with Crippen molar-refractivity contribution in [1.29, 1.82) is 0 Å². The fourth-order valence-corrected chi connectivity index (χ4v) is 2.57. The second kappa shape index (κ2) is 7.74. The molecule has 1 aliphatic rings. The Morgan fingerprint density at radius 2 is 1.88 bits per heavy atom. The molecule has 1 atom stereocenters. The third kappa shape index (κ3) is 5.63. The number of methoxy groups -OCH3 is 1. The van der Waals surface area contributed by atoms with Crippen LogP contribution < -0.4 is 4.74 Å². The molecule has 7 nitrogen and oxygen atoms in total. The molecule has 1 N–H and O–H groups in total. The lowest BCUT2D eigenvalue weighted by molar-refractivity contribution is -0.132. The molecule has 1 aliphatic heterocycles. The minimum Gasteiger partial charge on any atom is -0.497 e. The highest BCUT2D eigenvalue weighted by Gasteiger charge is 2.31. The van der Waals surface area contributed by atoms with Crippen molar-refractivity contribution in [3.05, 3.63) is 29.8 Å². The topological polar surface area (TPSA) is 79.3 Å². The number of amides is 2. The number of ether oxygens (including phenoxy) is 2. The third-order valence-electron chi connectivity index (χ3n) is 3.73. The van der Waals surface area contributed by atoms with Crippen LogP contribution in [0, 0.1) is 0 Å². The zero-order chi connectivity index (χ0) is 18.6. The summed E-state index contributed by atoms with van der Waals surface area (Å²) in [6.07, 6.45) is -1.41. The Hall–Kier alpha value is -2.28. The highest BCUT2D eigenvalue weighted by Crippen LogP contribution is 2.16. The molecule has 1 aromatic carbocycles. The number of nitrogens with zero attached hydrogens (tertiary/aromatic N) is 2. The van der Waals surface area contributed by atoms with Crippen LogP contribution in [0.5, 0.6) is 5.75 Å². The SMILES string of the molecule is COc1ccc(CN2CC(O)CN(C(=O)OC(C)(C)C)CC2=O)cc1. The molecule has 1 saturated heterocycles. The second-order valence-electron chi connectivity index (χ2n) is 7.14. The third-order valence-corrected chi connectivity index (χ3v) is 3.73. The molecule has 25 heavy (non-hydrogen) atoms. The van der Waals surface area contributed by atoms with E-state index in [0.717, 1.165) is 11.3 Å². The van der Waals surface area contributed by atoms with Crippen LogP contribution in [0.1, 0.15) is 26.3 Å². The van der Waals surface area contributed by atoms with Gasteiger partial charge < -0.3 is 19.5 Å². The summed E-state index contributed by atoms with van der Waals surface area (Å²) in [7, 11) is 1.59. The van der Waals surface area contributed by atoms with Crippen molar-refractivity contribution in [1.82, 2.24) is 9.80 Å². The maximum absolute atomic E-state index is 12.5. The average Bonchev–Trinajstić information content (AvgIpc) is 2.65. The number of carbonyl (C=O) groups is 2. The maximum Gasteiger partial charge on any atom is 0.410 e. The summed E-state index contributed by atoms with van der Waals surface area (Å²) in [5.74, 6) is 0.514. The van der Waals surface area contributed by atoms with Crippen LogP contribution >= 0.6 is 0 Å². The van der Waals surface area contributed by atoms with Gasteiger partial charge in [0.25, 0.3) is 0 Å². The molecular formula is C18H26N2O5. The van der Waals surface area contributed by atoms with Crippen LogP contribution in [0.2, 0.25) is 0 Å². The van der Waals surface area contributed by atoms with Gasteiger partial charge in [-0.05, 0) is 38.5 Å². The lowest BCUT2D eigenvalue weighted by Gasteiger charge is -2.26. The molecule has 1 heterocycles. The molecule has 138 valence electrons. The van der Waals surface area contributed by atoms with Crippen LogP contribution in [-0.4, -0.2) is 65.4 Å². The van der Waals surface area contributed by atoms with E-state index in [2.05, 4.69) is 0 Å². The number of hydrogen-bond donors (Lipinski definition) is 1. The first-order chi connectivity index (χ1) is 11.7. The van der Waals surface area contributed by atoms with Crippen LogP contribution in [-0.2, 0) is 16.1 Å². The van der Waals surface area contributed by atoms with Crippen LogP contribution in [0.3, 0.4) is 0 Å². The quantitative estimate of drug-likeness (QED) is 0.896. The van der Waals surface area contributed by atoms with Gasteiger partial charge in [-0.25, -0.2) is 4.79 Å². The van der Waals surface area contributed by atoms with Gasteiger partial charge in [-0.15, -0.1) is 0 Å². The minimum atomic E-state index is -0.822. The van der Waals surface area contributed by atoms with E-state index in [-0.39, 0.29) is 25.5 Å². The second-order valence-corrected chi connectivity index (χ2v) is 7.14. The lowest BCUT2D eigenvalue weighted by atomic mass is 10.2. The minimum absolute atomic E-state index is 0.0692. The van der Waals surface area contributed by atoms with Gasteiger partial charge in [0, 0.05) is 13.1 Å². The molecule has 0 radical (unpaired) electrons. The van der Waals surface area contributed by atoms with Crippen molar-refractivity contribution >= 4 is 12.0 Å². The fourth-order valence-electron chi connectivity index (χ4n) is 2.57. The molecule has 1 fully saturated rings. The molecule has 0 aliphatic carbocycles. The molecule has 0 spiro atoms. The highest BCUT2D eigenvalue weighted by atomic mass is 16.6. The number of β-amino-alcohol motifs (C(OH)–C–C–N with tert-alkyl or cyclic N) is 1. The van der Waals surface area contributed by atoms with Gasteiger partial charge in [-0.1, -0.05) is 12.1 Å². The van der Waals surface area contributed by atoms with Crippen molar-refractivity contribution in [2.24, 2.45) is 0 Å². The van der Waals surface area contributed by atoms with E-state index in [1.54, 1.807) is 32.8 Å². The van der Waals surface area contributed by atoms with Crippen LogP contribution in [0.25, 0.3) is 0 Å². The van der Waals surface area contributed by atoms with E-state index in [1.807, 2.05) is 24.3 Å². The fraction of sp³-hybridized carbons (Fsp3) is 0.556. The first kappa shape index (κ1) is 19.1. The summed E-state index contributed by atoms with van der Waals surface area (Å²) in [6.45, 7) is 5.78. The average molecular weight is 350 g/mol. The highest BCUT2D eigenvalue weighted by molar-refractivity contribution is 5.83. The molecule has 1 aromatic rings. The summed E-state index contributed by atoms with van der Waals surface area (Å²) in [5, 5.41) is 10.2. The van der Waals surface area contributed by atoms with Gasteiger partial charge in [0.15, 0.2) is 0 Å². The molecule has 0 bridgehead atoms. The summed E-state index contributed by atoms with van der Waals surface area (Å²) in [4.78, 5) is 27.5. The van der Waals surface area contributed by atoms with Crippen LogP contribution in [0.4, 0.5) is 4.79 Å². The predicted molar refractivity (Wildman–Crippen MR) is 92.2 cm³/mol. The van der Waals surface area contributed by atoms with Gasteiger partial charge in [0.05, 0.1) is 19.8 Å². The monoisotopic (exact) mass is 350 g/mol. The molecule has 2 amide bonds. The molecule has 7 heteroatoms. The molecule has 0 aromatic heterocycles. The van der Waals surface area contributed by atoms with E-state index in [4.69, 9.17) is 9.47 Å². The number of rotatable bonds is 3. The molecule has 1 unspecified atom stereocenters. The largest absolute Gasteiger partial charge is 0.497 e. The molecule has 0 saturated carbocycles. The Morgan fingerprint density at radius 1 is 1.24 bits per heavy atom. The Kier molecular flexibility index (Phi) is 5.89. The Bertz CT molecular complexity index is 609. The van der Waals surface area contributed by atoms with Gasteiger partial charge in [0.2, 0.25) is 5.91 Å². The summed E-state index contributed by atoms with van der Waals surface area (Å²) in [6, 6.07) is 7.38. The molecule has 2 rings (SSSR count). The van der Waals surface area contributed by atoms with E-state index >= 15 is 0 Å². The first-order valence-corrected chi connectivity index (χ1v) is 8.24. The van der Waals surface area contributed by atoms with Crippen LogP contribution in [0.15, 0.2) is 24.3 Å².